The summed E-state index contributed by atoms with van der Waals surface area (Å²) in [6.45, 7) is 9.76. The molecule has 4 aromatic rings. The molecule has 1 fully saturated rings. The van der Waals surface area contributed by atoms with Crippen LogP contribution < -0.4 is 5.56 Å². The first-order valence-electron chi connectivity index (χ1n) is 15.3. The lowest BCUT2D eigenvalue weighted by molar-refractivity contribution is 0.0648. The van der Waals surface area contributed by atoms with E-state index in [1.807, 2.05) is 39.1 Å². The maximum absolute atomic E-state index is 14.7. The molecule has 0 unspecified atom stereocenters. The third-order valence-corrected chi connectivity index (χ3v) is 9.49. The number of carbonyl (C=O) groups excluding carboxylic acids is 1. The van der Waals surface area contributed by atoms with Gasteiger partial charge in [-0.2, -0.15) is 0 Å². The molecule has 226 valence electrons. The number of aryl methyl sites for hydroxylation is 2. The monoisotopic (exact) mass is 617 g/mol. The molecule has 1 aliphatic heterocycles. The fourth-order valence-electron chi connectivity index (χ4n) is 5.96. The molecular formula is C35H40ClN3O3S. The largest absolute Gasteiger partial charge is 0.396 e. The Labute approximate surface area is 263 Å². The molecule has 2 aromatic carbocycles. The number of aliphatic hydroxyl groups excluding tert-OH is 1. The molecule has 0 atom stereocenters. The van der Waals surface area contributed by atoms with Crippen LogP contribution in [0.3, 0.4) is 0 Å². The molecule has 0 bridgehead atoms. The van der Waals surface area contributed by atoms with Crippen molar-refractivity contribution in [1.82, 2.24) is 14.5 Å². The number of piperidine rings is 1. The molecule has 3 heterocycles. The first kappa shape index (κ1) is 31.2. The van der Waals surface area contributed by atoms with E-state index < -0.39 is 0 Å². The first-order chi connectivity index (χ1) is 20.7. The predicted molar refractivity (Wildman–Crippen MR) is 177 cm³/mol. The van der Waals surface area contributed by atoms with Gasteiger partial charge in [-0.15, -0.1) is 11.3 Å². The van der Waals surface area contributed by atoms with Gasteiger partial charge in [0, 0.05) is 41.4 Å². The summed E-state index contributed by atoms with van der Waals surface area (Å²) in [6.07, 6.45) is 3.64. The number of rotatable bonds is 9. The van der Waals surface area contributed by atoms with Crippen LogP contribution >= 0.6 is 22.9 Å². The number of hydrogen-bond donors (Lipinski definition) is 1. The maximum Gasteiger partial charge on any atom is 0.265 e. The van der Waals surface area contributed by atoms with E-state index in [-0.39, 0.29) is 29.9 Å². The van der Waals surface area contributed by atoms with Crippen LogP contribution in [-0.4, -0.2) is 45.2 Å². The Bertz CT molecular complexity index is 1630. The second-order valence-electron chi connectivity index (χ2n) is 11.8. The van der Waals surface area contributed by atoms with Crippen LogP contribution in [0.4, 0.5) is 0 Å². The van der Waals surface area contributed by atoms with Crippen molar-refractivity contribution in [3.05, 3.63) is 91.7 Å². The summed E-state index contributed by atoms with van der Waals surface area (Å²) >= 11 is 7.52. The van der Waals surface area contributed by atoms with Crippen molar-refractivity contribution in [2.24, 2.45) is 11.8 Å². The normalized spacial score (nSPS) is 14.1. The Balaban J connectivity index is 1.76. The van der Waals surface area contributed by atoms with Gasteiger partial charge in [0.05, 0.1) is 22.5 Å². The van der Waals surface area contributed by atoms with Crippen molar-refractivity contribution in [3.8, 4) is 27.5 Å². The molecule has 1 aliphatic rings. The molecule has 0 spiro atoms. The van der Waals surface area contributed by atoms with Crippen LogP contribution in [0.2, 0.25) is 5.02 Å². The van der Waals surface area contributed by atoms with Crippen molar-refractivity contribution >= 4 is 28.8 Å². The second kappa shape index (κ2) is 13.6. The second-order valence-corrected chi connectivity index (χ2v) is 13.0. The molecule has 0 saturated carbocycles. The highest BCUT2D eigenvalue weighted by atomic mass is 35.5. The van der Waals surface area contributed by atoms with E-state index in [0.29, 0.717) is 40.7 Å². The zero-order valence-electron chi connectivity index (χ0n) is 25.4. The Kier molecular flexibility index (Phi) is 9.85. The highest BCUT2D eigenvalue weighted by Crippen LogP contribution is 2.32. The third kappa shape index (κ3) is 6.49. The lowest BCUT2D eigenvalue weighted by atomic mass is 9.95. The SMILES string of the molecule is CCc1cccc(CC)c1-n1c(CC(C)C)c(C(=O)N2CCC(CO)CC2)cc(-c2nc(-c3ccc(Cl)cc3)cs2)c1=O. The highest BCUT2D eigenvalue weighted by Gasteiger charge is 2.30. The summed E-state index contributed by atoms with van der Waals surface area (Å²) in [6, 6.07) is 15.5. The average Bonchev–Trinajstić information content (AvgIpc) is 3.51. The molecule has 5 rings (SSSR count). The summed E-state index contributed by atoms with van der Waals surface area (Å²) in [5, 5.41) is 12.9. The van der Waals surface area contributed by atoms with E-state index in [2.05, 4.69) is 45.9 Å². The van der Waals surface area contributed by atoms with Crippen molar-refractivity contribution in [3.63, 3.8) is 0 Å². The van der Waals surface area contributed by atoms with E-state index in [1.54, 1.807) is 6.07 Å². The van der Waals surface area contributed by atoms with E-state index in [9.17, 15) is 14.7 Å². The number of likely N-dealkylation sites (tertiary alicyclic amines) is 1. The van der Waals surface area contributed by atoms with Gasteiger partial charge in [-0.1, -0.05) is 69.6 Å². The summed E-state index contributed by atoms with van der Waals surface area (Å²) in [5.74, 6) is 0.371. The number of aliphatic hydroxyl groups is 1. The number of hydrogen-bond acceptors (Lipinski definition) is 5. The highest BCUT2D eigenvalue weighted by molar-refractivity contribution is 7.13. The van der Waals surface area contributed by atoms with Gasteiger partial charge in [0.2, 0.25) is 0 Å². The van der Waals surface area contributed by atoms with Crippen LogP contribution in [0.5, 0.6) is 0 Å². The fourth-order valence-corrected chi connectivity index (χ4v) is 6.92. The van der Waals surface area contributed by atoms with Gasteiger partial charge in [-0.25, -0.2) is 4.98 Å². The van der Waals surface area contributed by atoms with Crippen molar-refractivity contribution in [1.29, 1.82) is 0 Å². The van der Waals surface area contributed by atoms with Crippen LogP contribution in [-0.2, 0) is 19.3 Å². The van der Waals surface area contributed by atoms with E-state index in [4.69, 9.17) is 16.6 Å². The van der Waals surface area contributed by atoms with Crippen molar-refractivity contribution in [2.75, 3.05) is 19.7 Å². The van der Waals surface area contributed by atoms with E-state index in [1.165, 1.54) is 11.3 Å². The molecule has 0 radical (unpaired) electrons. The molecule has 1 N–H and O–H groups in total. The lowest BCUT2D eigenvalue weighted by Crippen LogP contribution is -2.41. The summed E-state index contributed by atoms with van der Waals surface area (Å²) < 4.78 is 1.84. The maximum atomic E-state index is 14.7. The number of carbonyl (C=O) groups is 1. The van der Waals surface area contributed by atoms with Crippen LogP contribution in [0.25, 0.3) is 27.5 Å². The molecule has 6 nitrogen and oxygen atoms in total. The van der Waals surface area contributed by atoms with Gasteiger partial charge in [0.15, 0.2) is 0 Å². The number of aromatic nitrogens is 2. The molecular weight excluding hydrogens is 578 g/mol. The number of halogens is 1. The van der Waals surface area contributed by atoms with Crippen LogP contribution in [0.15, 0.2) is 58.7 Å². The number of pyridine rings is 1. The molecule has 0 aliphatic carbocycles. The fraction of sp³-hybridized carbons (Fsp3) is 0.400. The minimum Gasteiger partial charge on any atom is -0.396 e. The minimum atomic E-state index is -0.154. The quantitative estimate of drug-likeness (QED) is 0.212. The lowest BCUT2D eigenvalue weighted by Gasteiger charge is -2.32. The Morgan fingerprint density at radius 2 is 1.72 bits per heavy atom. The first-order valence-corrected chi connectivity index (χ1v) is 16.5. The molecule has 8 heteroatoms. The summed E-state index contributed by atoms with van der Waals surface area (Å²) in [7, 11) is 0. The van der Waals surface area contributed by atoms with Gasteiger partial charge in [-0.05, 0) is 73.3 Å². The average molecular weight is 618 g/mol. The Morgan fingerprint density at radius 3 is 2.30 bits per heavy atom. The van der Waals surface area contributed by atoms with Gasteiger partial charge in [0.25, 0.3) is 11.5 Å². The molecule has 1 amide bonds. The molecule has 2 aromatic heterocycles. The smallest absolute Gasteiger partial charge is 0.265 e. The topological polar surface area (TPSA) is 75.4 Å². The van der Waals surface area contributed by atoms with Gasteiger partial charge in [-0.3, -0.25) is 14.2 Å². The number of benzene rings is 2. The number of thiazole rings is 1. The van der Waals surface area contributed by atoms with Gasteiger partial charge < -0.3 is 10.0 Å². The minimum absolute atomic E-state index is 0.0662. The zero-order chi connectivity index (χ0) is 30.7. The summed E-state index contributed by atoms with van der Waals surface area (Å²) in [4.78, 5) is 35.8. The predicted octanol–water partition coefficient (Wildman–Crippen LogP) is 7.45. The van der Waals surface area contributed by atoms with Crippen molar-refractivity contribution in [2.45, 2.75) is 59.8 Å². The molecule has 1 saturated heterocycles. The van der Waals surface area contributed by atoms with Gasteiger partial charge in [0.1, 0.15) is 5.01 Å². The van der Waals surface area contributed by atoms with Crippen LogP contribution in [0, 0.1) is 11.8 Å². The third-order valence-electron chi connectivity index (χ3n) is 8.36. The Morgan fingerprint density at radius 1 is 1.07 bits per heavy atom. The van der Waals surface area contributed by atoms with E-state index >= 15 is 0 Å². The van der Waals surface area contributed by atoms with Crippen molar-refractivity contribution < 1.29 is 9.90 Å². The number of nitrogens with zero attached hydrogens (tertiary/aromatic N) is 3. The molecule has 43 heavy (non-hydrogen) atoms. The van der Waals surface area contributed by atoms with Crippen LogP contribution in [0.1, 0.15) is 67.7 Å². The summed E-state index contributed by atoms with van der Waals surface area (Å²) in [5.41, 5.74) is 6.30. The number of para-hydroxylation sites is 1. The number of amides is 1. The van der Waals surface area contributed by atoms with E-state index in [0.717, 1.165) is 59.4 Å². The Hall–Kier alpha value is -3.26. The standard InChI is InChI=1S/C35H40ClN3O3S/c1-5-24-8-7-9-25(6-2)32(24)39-31(18-22(3)4)28(34(41)38-16-14-23(20-40)15-17-38)19-29(35(39)42)33-37-30(21-43-33)26-10-12-27(36)13-11-26/h7-13,19,21-23,40H,5-6,14-18,20H2,1-4H3. The van der Waals surface area contributed by atoms with Gasteiger partial charge >= 0.3 is 0 Å². The zero-order valence-corrected chi connectivity index (χ0v) is 27.0.